The van der Waals surface area contributed by atoms with Crippen LogP contribution in [0, 0.1) is 17.8 Å². The van der Waals surface area contributed by atoms with Gasteiger partial charge in [0.05, 0.1) is 6.04 Å². The van der Waals surface area contributed by atoms with Crippen LogP contribution in [0.4, 0.5) is 0 Å². The van der Waals surface area contributed by atoms with Crippen LogP contribution in [0.2, 0.25) is 0 Å². The summed E-state index contributed by atoms with van der Waals surface area (Å²) in [4.78, 5) is 2.36. The van der Waals surface area contributed by atoms with Crippen molar-refractivity contribution in [3.8, 4) is 0 Å². The number of likely N-dealkylation sites (N-methyl/N-ethyl adjacent to an activating group) is 1. The number of hydrogen-bond acceptors (Lipinski definition) is 1. The van der Waals surface area contributed by atoms with Crippen LogP contribution >= 0.6 is 0 Å². The highest BCUT2D eigenvalue weighted by molar-refractivity contribution is 5.19. The Morgan fingerprint density at radius 2 is 2.00 bits per heavy atom. The molecule has 2 aliphatic carbocycles. The van der Waals surface area contributed by atoms with Crippen molar-refractivity contribution in [1.29, 1.82) is 0 Å². The molecule has 4 unspecified atom stereocenters. The van der Waals surface area contributed by atoms with Crippen LogP contribution in [-0.4, -0.2) is 18.0 Å². The lowest BCUT2D eigenvalue weighted by Gasteiger charge is -2.34. The van der Waals surface area contributed by atoms with Crippen molar-refractivity contribution >= 4 is 0 Å². The molecule has 1 fully saturated rings. The minimum atomic E-state index is 0.639. The third-order valence-corrected chi connectivity index (χ3v) is 3.98. The van der Waals surface area contributed by atoms with E-state index in [0.717, 1.165) is 17.8 Å². The molecule has 2 bridgehead atoms. The lowest BCUT2D eigenvalue weighted by Crippen LogP contribution is -2.36. The molecule has 1 saturated carbocycles. The lowest BCUT2D eigenvalue weighted by atomic mass is 9.85. The van der Waals surface area contributed by atoms with Crippen molar-refractivity contribution in [2.24, 2.45) is 17.8 Å². The first kappa shape index (κ1) is 8.34. The molecule has 0 N–H and O–H groups in total. The Morgan fingerprint density at radius 3 is 2.64 bits per heavy atom. The molecule has 14 heavy (non-hydrogen) atoms. The van der Waals surface area contributed by atoms with E-state index in [1.54, 1.807) is 0 Å². The zero-order valence-electron chi connectivity index (χ0n) is 8.63. The number of allylic oxidation sites excluding steroid dienone is 4. The first-order valence-corrected chi connectivity index (χ1v) is 5.60. The second kappa shape index (κ2) is 3.01. The zero-order chi connectivity index (χ0) is 9.54. The second-order valence-electron chi connectivity index (χ2n) is 4.83. The van der Waals surface area contributed by atoms with Gasteiger partial charge in [0.15, 0.2) is 0 Å². The number of fused-ring (bicyclic) bond motifs is 2. The van der Waals surface area contributed by atoms with Crippen molar-refractivity contribution in [3.05, 3.63) is 36.6 Å². The van der Waals surface area contributed by atoms with Gasteiger partial charge in [-0.1, -0.05) is 24.3 Å². The van der Waals surface area contributed by atoms with Gasteiger partial charge in [0.25, 0.3) is 0 Å². The highest BCUT2D eigenvalue weighted by Gasteiger charge is 2.40. The van der Waals surface area contributed by atoms with Crippen molar-refractivity contribution in [2.45, 2.75) is 18.9 Å². The normalized spacial score (nSPS) is 43.9. The maximum atomic E-state index is 2.44. The summed E-state index contributed by atoms with van der Waals surface area (Å²) in [7, 11) is 2.19. The van der Waals surface area contributed by atoms with Crippen LogP contribution in [0.25, 0.3) is 0 Å². The second-order valence-corrected chi connectivity index (χ2v) is 4.83. The molecule has 3 rings (SSSR count). The molecule has 1 nitrogen and oxygen atoms in total. The van der Waals surface area contributed by atoms with Gasteiger partial charge in [-0.15, -0.1) is 0 Å². The number of hydrogen-bond donors (Lipinski definition) is 0. The molecule has 1 aliphatic heterocycles. The van der Waals surface area contributed by atoms with Crippen LogP contribution < -0.4 is 0 Å². The lowest BCUT2D eigenvalue weighted by molar-refractivity contribution is 0.248. The fourth-order valence-electron chi connectivity index (χ4n) is 3.26. The van der Waals surface area contributed by atoms with E-state index in [-0.39, 0.29) is 0 Å². The van der Waals surface area contributed by atoms with Gasteiger partial charge in [-0.05, 0) is 42.9 Å². The van der Waals surface area contributed by atoms with Gasteiger partial charge in [-0.2, -0.15) is 0 Å². The molecule has 74 valence electrons. The minimum Gasteiger partial charge on any atom is -0.374 e. The Kier molecular flexibility index (Phi) is 1.79. The van der Waals surface area contributed by atoms with Gasteiger partial charge < -0.3 is 4.90 Å². The van der Waals surface area contributed by atoms with Gasteiger partial charge in [0.2, 0.25) is 0 Å². The van der Waals surface area contributed by atoms with Crippen LogP contribution in [0.3, 0.4) is 0 Å². The average molecular weight is 187 g/mol. The molecule has 0 amide bonds. The SMILES string of the molecule is CN1C=CC=CC1C1CC2C=CC1C2. The van der Waals surface area contributed by atoms with Crippen LogP contribution in [0.1, 0.15) is 12.8 Å². The summed E-state index contributed by atoms with van der Waals surface area (Å²) >= 11 is 0. The molecule has 0 spiro atoms. The molecular formula is C13H17N. The van der Waals surface area contributed by atoms with Gasteiger partial charge in [0.1, 0.15) is 0 Å². The van der Waals surface area contributed by atoms with Crippen molar-refractivity contribution in [2.75, 3.05) is 7.05 Å². The molecule has 1 heterocycles. The Morgan fingerprint density at radius 1 is 1.07 bits per heavy atom. The van der Waals surface area contributed by atoms with Crippen LogP contribution in [0.15, 0.2) is 36.6 Å². The topological polar surface area (TPSA) is 3.24 Å². The Hall–Kier alpha value is -0.980. The van der Waals surface area contributed by atoms with Gasteiger partial charge in [-0.3, -0.25) is 0 Å². The third kappa shape index (κ3) is 1.15. The summed E-state index contributed by atoms with van der Waals surface area (Å²) in [5, 5.41) is 0. The summed E-state index contributed by atoms with van der Waals surface area (Å²) < 4.78 is 0. The largest absolute Gasteiger partial charge is 0.374 e. The van der Waals surface area contributed by atoms with Crippen LogP contribution in [-0.2, 0) is 0 Å². The van der Waals surface area contributed by atoms with Crippen molar-refractivity contribution in [1.82, 2.24) is 4.90 Å². The van der Waals surface area contributed by atoms with E-state index in [9.17, 15) is 0 Å². The van der Waals surface area contributed by atoms with E-state index in [1.807, 2.05) is 0 Å². The standard InChI is InChI=1S/C13H17N/c1-14-7-3-2-4-13(14)12-9-10-5-6-11(12)8-10/h2-7,10-13H,8-9H2,1H3. The summed E-state index contributed by atoms with van der Waals surface area (Å²) in [6, 6.07) is 0.639. The minimum absolute atomic E-state index is 0.639. The zero-order valence-corrected chi connectivity index (χ0v) is 8.63. The first-order chi connectivity index (χ1) is 6.84. The maximum absolute atomic E-state index is 2.44. The fourth-order valence-corrected chi connectivity index (χ4v) is 3.26. The highest BCUT2D eigenvalue weighted by Crippen LogP contribution is 2.46. The Labute approximate surface area is 85.8 Å². The van der Waals surface area contributed by atoms with E-state index in [1.165, 1.54) is 12.8 Å². The van der Waals surface area contributed by atoms with E-state index >= 15 is 0 Å². The predicted molar refractivity (Wildman–Crippen MR) is 58.7 cm³/mol. The molecule has 0 radical (unpaired) electrons. The van der Waals surface area contributed by atoms with Crippen molar-refractivity contribution in [3.63, 3.8) is 0 Å². The highest BCUT2D eigenvalue weighted by atomic mass is 15.1. The molecule has 0 aromatic rings. The third-order valence-electron chi connectivity index (χ3n) is 3.98. The van der Waals surface area contributed by atoms with E-state index < -0.39 is 0 Å². The molecule has 1 heteroatoms. The van der Waals surface area contributed by atoms with Crippen LogP contribution in [0.5, 0.6) is 0 Å². The Bertz CT molecular complexity index is 313. The fraction of sp³-hybridized carbons (Fsp3) is 0.538. The summed E-state index contributed by atoms with van der Waals surface area (Å²) in [5.41, 5.74) is 0. The van der Waals surface area contributed by atoms with E-state index in [0.29, 0.717) is 6.04 Å². The van der Waals surface area contributed by atoms with Gasteiger partial charge in [0, 0.05) is 7.05 Å². The maximum Gasteiger partial charge on any atom is 0.0501 e. The summed E-state index contributed by atoms with van der Waals surface area (Å²) in [6.45, 7) is 0. The Balaban J connectivity index is 1.80. The number of rotatable bonds is 1. The van der Waals surface area contributed by atoms with Gasteiger partial charge in [-0.25, -0.2) is 0 Å². The molecule has 4 atom stereocenters. The quantitative estimate of drug-likeness (QED) is 0.570. The van der Waals surface area contributed by atoms with E-state index in [2.05, 4.69) is 48.5 Å². The molecule has 0 saturated heterocycles. The predicted octanol–water partition coefficient (Wildman–Crippen LogP) is 2.58. The monoisotopic (exact) mass is 187 g/mol. The number of nitrogens with zero attached hydrogens (tertiary/aromatic N) is 1. The smallest absolute Gasteiger partial charge is 0.0501 e. The average Bonchev–Trinajstić information content (AvgIpc) is 2.79. The van der Waals surface area contributed by atoms with E-state index in [4.69, 9.17) is 0 Å². The molecule has 0 aromatic heterocycles. The molecular weight excluding hydrogens is 170 g/mol. The summed E-state index contributed by atoms with van der Waals surface area (Å²) in [6.07, 6.45) is 16.5. The first-order valence-electron chi connectivity index (χ1n) is 5.60. The van der Waals surface area contributed by atoms with Crippen molar-refractivity contribution < 1.29 is 0 Å². The molecule has 3 aliphatic rings. The van der Waals surface area contributed by atoms with Gasteiger partial charge >= 0.3 is 0 Å². The molecule has 0 aromatic carbocycles. The summed E-state index contributed by atoms with van der Waals surface area (Å²) in [5.74, 6) is 2.59.